The zero-order valence-corrected chi connectivity index (χ0v) is 15.1. The number of amides is 1. The maximum Gasteiger partial charge on any atom is 0.341 e. The van der Waals surface area contributed by atoms with E-state index in [0.717, 1.165) is 18.9 Å². The van der Waals surface area contributed by atoms with Gasteiger partial charge in [0.15, 0.2) is 6.61 Å². The molecule has 7 heteroatoms. The minimum atomic E-state index is -1.04. The van der Waals surface area contributed by atoms with E-state index < -0.39 is 12.6 Å². The highest BCUT2D eigenvalue weighted by atomic mass is 16.5. The SMILES string of the molecule is O=C(O)COc1ccc(NC(=O)c2ccc(N3CCCCCC3)nc2)cc1. The van der Waals surface area contributed by atoms with E-state index in [2.05, 4.69) is 15.2 Å². The topological polar surface area (TPSA) is 91.8 Å². The van der Waals surface area contributed by atoms with Crippen LogP contribution in [-0.4, -0.2) is 41.7 Å². The Balaban J connectivity index is 1.58. The van der Waals surface area contributed by atoms with Crippen LogP contribution in [0.5, 0.6) is 5.75 Å². The molecule has 7 nitrogen and oxygen atoms in total. The number of benzene rings is 1. The van der Waals surface area contributed by atoms with Crippen LogP contribution in [-0.2, 0) is 4.79 Å². The number of ether oxygens (including phenoxy) is 1. The van der Waals surface area contributed by atoms with Crippen molar-refractivity contribution in [1.29, 1.82) is 0 Å². The van der Waals surface area contributed by atoms with Crippen molar-refractivity contribution < 1.29 is 19.4 Å². The van der Waals surface area contributed by atoms with Gasteiger partial charge < -0.3 is 20.1 Å². The number of aromatic nitrogens is 1. The third-order valence-electron chi connectivity index (χ3n) is 4.41. The first kappa shape index (κ1) is 18.7. The summed E-state index contributed by atoms with van der Waals surface area (Å²) in [7, 11) is 0. The van der Waals surface area contributed by atoms with Gasteiger partial charge in [-0.25, -0.2) is 9.78 Å². The number of pyridine rings is 1. The molecule has 1 saturated heterocycles. The molecule has 0 spiro atoms. The first-order chi connectivity index (χ1) is 13.1. The summed E-state index contributed by atoms with van der Waals surface area (Å²) in [5.41, 5.74) is 1.08. The molecule has 27 heavy (non-hydrogen) atoms. The van der Waals surface area contributed by atoms with Gasteiger partial charge in [0.2, 0.25) is 0 Å². The smallest absolute Gasteiger partial charge is 0.341 e. The highest BCUT2D eigenvalue weighted by Gasteiger charge is 2.12. The van der Waals surface area contributed by atoms with Crippen molar-refractivity contribution >= 4 is 23.4 Å². The Hall–Kier alpha value is -3.09. The van der Waals surface area contributed by atoms with Gasteiger partial charge in [0.1, 0.15) is 11.6 Å². The zero-order valence-electron chi connectivity index (χ0n) is 15.1. The van der Waals surface area contributed by atoms with Gasteiger partial charge in [0.25, 0.3) is 5.91 Å². The second-order valence-corrected chi connectivity index (χ2v) is 6.47. The molecule has 1 aliphatic heterocycles. The number of rotatable bonds is 6. The Morgan fingerprint density at radius 1 is 1.04 bits per heavy atom. The van der Waals surface area contributed by atoms with Gasteiger partial charge in [0.05, 0.1) is 5.56 Å². The molecular formula is C20H23N3O4. The van der Waals surface area contributed by atoms with Crippen molar-refractivity contribution in [2.75, 3.05) is 29.9 Å². The number of aliphatic carboxylic acids is 1. The van der Waals surface area contributed by atoms with Gasteiger partial charge in [0, 0.05) is 25.0 Å². The third-order valence-corrected chi connectivity index (χ3v) is 4.41. The minimum absolute atomic E-state index is 0.246. The number of nitrogens with one attached hydrogen (secondary N) is 1. The van der Waals surface area contributed by atoms with Gasteiger partial charge in [-0.1, -0.05) is 12.8 Å². The summed E-state index contributed by atoms with van der Waals surface area (Å²) >= 11 is 0. The molecule has 0 saturated carbocycles. The van der Waals surface area contributed by atoms with E-state index in [0.29, 0.717) is 17.0 Å². The number of carboxylic acids is 1. The largest absolute Gasteiger partial charge is 0.482 e. The number of nitrogens with zero attached hydrogens (tertiary/aromatic N) is 2. The summed E-state index contributed by atoms with van der Waals surface area (Å²) in [6.45, 7) is 1.62. The van der Waals surface area contributed by atoms with E-state index in [1.54, 1.807) is 36.5 Å². The molecule has 1 aromatic heterocycles. The summed E-state index contributed by atoms with van der Waals surface area (Å²) in [6.07, 6.45) is 6.47. The van der Waals surface area contributed by atoms with Crippen LogP contribution in [0.15, 0.2) is 42.6 Å². The number of hydrogen-bond acceptors (Lipinski definition) is 5. The van der Waals surface area contributed by atoms with E-state index in [9.17, 15) is 9.59 Å². The van der Waals surface area contributed by atoms with Crippen molar-refractivity contribution in [3.63, 3.8) is 0 Å². The average molecular weight is 369 g/mol. The lowest BCUT2D eigenvalue weighted by Gasteiger charge is -2.21. The molecule has 1 fully saturated rings. The molecule has 1 amide bonds. The second-order valence-electron chi connectivity index (χ2n) is 6.47. The monoisotopic (exact) mass is 369 g/mol. The lowest BCUT2D eigenvalue weighted by Crippen LogP contribution is -2.25. The third kappa shape index (κ3) is 5.44. The molecular weight excluding hydrogens is 346 g/mol. The Kier molecular flexibility index (Phi) is 6.25. The molecule has 142 valence electrons. The summed E-state index contributed by atoms with van der Waals surface area (Å²) in [6, 6.07) is 10.2. The lowest BCUT2D eigenvalue weighted by molar-refractivity contribution is -0.139. The van der Waals surface area contributed by atoms with E-state index in [1.165, 1.54) is 25.7 Å². The number of anilines is 2. The van der Waals surface area contributed by atoms with Gasteiger partial charge in [-0.05, 0) is 49.2 Å². The fraction of sp³-hybridized carbons (Fsp3) is 0.350. The summed E-state index contributed by atoms with van der Waals surface area (Å²) in [5.74, 6) is 0.0554. The van der Waals surface area contributed by atoms with Crippen LogP contribution < -0.4 is 15.0 Å². The zero-order chi connectivity index (χ0) is 19.1. The van der Waals surface area contributed by atoms with Gasteiger partial charge in [-0.3, -0.25) is 4.79 Å². The van der Waals surface area contributed by atoms with Crippen LogP contribution in [0.4, 0.5) is 11.5 Å². The predicted molar refractivity (Wildman–Crippen MR) is 102 cm³/mol. The highest BCUT2D eigenvalue weighted by Crippen LogP contribution is 2.19. The number of carbonyl (C=O) groups excluding carboxylic acids is 1. The molecule has 1 aromatic carbocycles. The van der Waals surface area contributed by atoms with Crippen LogP contribution in [0.25, 0.3) is 0 Å². The number of carbonyl (C=O) groups is 2. The van der Waals surface area contributed by atoms with Crippen molar-refractivity contribution in [3.05, 3.63) is 48.2 Å². The molecule has 0 atom stereocenters. The Labute approximate surface area is 158 Å². The van der Waals surface area contributed by atoms with Crippen molar-refractivity contribution in [1.82, 2.24) is 4.98 Å². The first-order valence-electron chi connectivity index (χ1n) is 9.09. The average Bonchev–Trinajstić information content (AvgIpc) is 2.97. The van der Waals surface area contributed by atoms with Crippen LogP contribution >= 0.6 is 0 Å². The maximum absolute atomic E-state index is 12.4. The van der Waals surface area contributed by atoms with Gasteiger partial charge >= 0.3 is 5.97 Å². The maximum atomic E-state index is 12.4. The Bertz CT molecular complexity index is 767. The van der Waals surface area contributed by atoms with Crippen LogP contribution in [0, 0.1) is 0 Å². The van der Waals surface area contributed by atoms with E-state index in [-0.39, 0.29) is 5.91 Å². The molecule has 1 aliphatic rings. The van der Waals surface area contributed by atoms with E-state index in [4.69, 9.17) is 9.84 Å². The molecule has 0 unspecified atom stereocenters. The van der Waals surface area contributed by atoms with E-state index in [1.807, 2.05) is 6.07 Å². The van der Waals surface area contributed by atoms with E-state index >= 15 is 0 Å². The fourth-order valence-corrected chi connectivity index (χ4v) is 2.99. The summed E-state index contributed by atoms with van der Waals surface area (Å²) < 4.78 is 5.06. The standard InChI is InChI=1S/C20H23N3O4/c24-19(25)14-27-17-8-6-16(7-9-17)22-20(26)15-5-10-18(21-13-15)23-11-3-1-2-4-12-23/h5-10,13H,1-4,11-12,14H2,(H,22,26)(H,24,25). The number of hydrogen-bond donors (Lipinski definition) is 2. The second kappa shape index (κ2) is 9.02. The minimum Gasteiger partial charge on any atom is -0.482 e. The molecule has 3 rings (SSSR count). The highest BCUT2D eigenvalue weighted by molar-refractivity contribution is 6.04. The molecule has 0 aliphatic carbocycles. The molecule has 2 aromatic rings. The molecule has 0 radical (unpaired) electrons. The lowest BCUT2D eigenvalue weighted by atomic mass is 10.2. The number of carboxylic acid groups (broad SMARTS) is 1. The summed E-state index contributed by atoms with van der Waals surface area (Å²) in [5, 5.41) is 11.4. The van der Waals surface area contributed by atoms with Crippen LogP contribution in [0.2, 0.25) is 0 Å². The quantitative estimate of drug-likeness (QED) is 0.813. The van der Waals surface area contributed by atoms with Crippen molar-refractivity contribution in [3.8, 4) is 5.75 Å². The first-order valence-corrected chi connectivity index (χ1v) is 9.09. The fourth-order valence-electron chi connectivity index (χ4n) is 2.99. The van der Waals surface area contributed by atoms with Gasteiger partial charge in [-0.15, -0.1) is 0 Å². The normalized spacial score (nSPS) is 14.3. The van der Waals surface area contributed by atoms with Gasteiger partial charge in [-0.2, -0.15) is 0 Å². The predicted octanol–water partition coefficient (Wildman–Crippen LogP) is 3.18. The van der Waals surface area contributed by atoms with Crippen LogP contribution in [0.3, 0.4) is 0 Å². The summed E-state index contributed by atoms with van der Waals surface area (Å²) in [4.78, 5) is 29.6. The van der Waals surface area contributed by atoms with Crippen LogP contribution in [0.1, 0.15) is 36.0 Å². The Morgan fingerprint density at radius 3 is 2.33 bits per heavy atom. The van der Waals surface area contributed by atoms with Crippen molar-refractivity contribution in [2.45, 2.75) is 25.7 Å². The van der Waals surface area contributed by atoms with Crippen molar-refractivity contribution in [2.24, 2.45) is 0 Å². The molecule has 2 N–H and O–H groups in total. The molecule has 0 bridgehead atoms. The Morgan fingerprint density at radius 2 is 1.74 bits per heavy atom. The molecule has 2 heterocycles.